The van der Waals surface area contributed by atoms with E-state index < -0.39 is 10.0 Å². The van der Waals surface area contributed by atoms with Crippen molar-refractivity contribution in [2.24, 2.45) is 7.05 Å². The zero-order chi connectivity index (χ0) is 15.0. The van der Waals surface area contributed by atoms with Crippen molar-refractivity contribution in [3.8, 4) is 0 Å². The fraction of sp³-hybridized carbons (Fsp3) is 0.500. The van der Waals surface area contributed by atoms with Crippen molar-refractivity contribution in [3.05, 3.63) is 23.7 Å². The van der Waals surface area contributed by atoms with Crippen molar-refractivity contribution < 1.29 is 8.42 Å². The second-order valence-corrected chi connectivity index (χ2v) is 6.88. The summed E-state index contributed by atoms with van der Waals surface area (Å²) in [7, 11) is -1.98. The van der Waals surface area contributed by atoms with E-state index >= 15 is 0 Å². The number of aryl methyl sites for hydroxylation is 2. The summed E-state index contributed by atoms with van der Waals surface area (Å²) in [6.07, 6.45) is 3.95. The van der Waals surface area contributed by atoms with Crippen LogP contribution in [0.25, 0.3) is 0 Å². The Balaban J connectivity index is 1.84. The molecule has 3 N–H and O–H groups in total. The predicted molar refractivity (Wildman–Crippen MR) is 77.2 cm³/mol. The number of hydrogen-bond donors (Lipinski definition) is 3. The maximum absolute atomic E-state index is 12.5. The fourth-order valence-electron chi connectivity index (χ4n) is 2.13. The summed E-state index contributed by atoms with van der Waals surface area (Å²) < 4.78 is 29.1. The molecule has 0 saturated heterocycles. The van der Waals surface area contributed by atoms with E-state index in [0.29, 0.717) is 29.8 Å². The van der Waals surface area contributed by atoms with Gasteiger partial charge in [0.1, 0.15) is 4.90 Å². The summed E-state index contributed by atoms with van der Waals surface area (Å²) in [6, 6.07) is 2.09. The van der Waals surface area contributed by atoms with Crippen LogP contribution >= 0.6 is 0 Å². The minimum atomic E-state index is -3.71. The van der Waals surface area contributed by atoms with Crippen LogP contribution in [0, 0.1) is 6.92 Å². The second-order valence-electron chi connectivity index (χ2n) is 5.26. The van der Waals surface area contributed by atoms with Gasteiger partial charge in [-0.1, -0.05) is 0 Å². The molecule has 1 aliphatic rings. The number of hydrogen-bond acceptors (Lipinski definition) is 5. The van der Waals surface area contributed by atoms with E-state index in [-0.39, 0.29) is 4.90 Å². The van der Waals surface area contributed by atoms with Gasteiger partial charge < -0.3 is 5.32 Å². The first-order valence-electron chi connectivity index (χ1n) is 6.75. The SMILES string of the molecule is Cc1[nH]nc(CNC2CC2)c1S(=O)(=O)Nc1ccn(C)n1. The van der Waals surface area contributed by atoms with Crippen molar-refractivity contribution in [1.29, 1.82) is 0 Å². The van der Waals surface area contributed by atoms with Crippen LogP contribution in [0.5, 0.6) is 0 Å². The zero-order valence-electron chi connectivity index (χ0n) is 11.9. The van der Waals surface area contributed by atoms with Crippen molar-refractivity contribution >= 4 is 15.8 Å². The smallest absolute Gasteiger partial charge is 0.266 e. The minimum absolute atomic E-state index is 0.196. The average Bonchev–Trinajstić information content (AvgIpc) is 3.04. The molecule has 21 heavy (non-hydrogen) atoms. The number of anilines is 1. The van der Waals surface area contributed by atoms with Crippen LogP contribution in [-0.4, -0.2) is 34.4 Å². The molecular weight excluding hydrogens is 292 g/mol. The van der Waals surface area contributed by atoms with E-state index in [4.69, 9.17) is 0 Å². The number of rotatable bonds is 6. The molecule has 2 aromatic rings. The number of nitrogens with one attached hydrogen (secondary N) is 3. The number of aromatic amines is 1. The van der Waals surface area contributed by atoms with Gasteiger partial charge in [0.05, 0.1) is 11.4 Å². The number of sulfonamides is 1. The van der Waals surface area contributed by atoms with Gasteiger partial charge in [-0.05, 0) is 19.8 Å². The minimum Gasteiger partial charge on any atom is -0.308 e. The van der Waals surface area contributed by atoms with Gasteiger partial charge in [0.2, 0.25) is 0 Å². The maximum Gasteiger partial charge on any atom is 0.266 e. The molecule has 3 rings (SSSR count). The Morgan fingerprint density at radius 3 is 2.86 bits per heavy atom. The van der Waals surface area contributed by atoms with Crippen molar-refractivity contribution in [2.45, 2.75) is 37.2 Å². The molecule has 8 nitrogen and oxygen atoms in total. The summed E-state index contributed by atoms with van der Waals surface area (Å²) in [5.74, 6) is 0.291. The lowest BCUT2D eigenvalue weighted by molar-refractivity contribution is 0.596. The van der Waals surface area contributed by atoms with Crippen LogP contribution in [0.3, 0.4) is 0 Å². The third-order valence-corrected chi connectivity index (χ3v) is 4.88. The molecule has 0 amide bonds. The first-order chi connectivity index (χ1) is 9.95. The molecule has 2 heterocycles. The topological polar surface area (TPSA) is 105 Å². The lowest BCUT2D eigenvalue weighted by atomic mass is 10.3. The van der Waals surface area contributed by atoms with Crippen LogP contribution in [-0.2, 0) is 23.6 Å². The lowest BCUT2D eigenvalue weighted by Crippen LogP contribution is -2.20. The van der Waals surface area contributed by atoms with Gasteiger partial charge in [0, 0.05) is 31.9 Å². The molecule has 0 bridgehead atoms. The predicted octanol–water partition coefficient (Wildman–Crippen LogP) is 0.504. The standard InChI is InChI=1S/C12H18N6O2S/c1-8-12(10(15-14-8)7-13-9-3-4-9)21(19,20)17-11-5-6-18(2)16-11/h5-6,9,13H,3-4,7H2,1-2H3,(H,14,15)(H,16,17). The van der Waals surface area contributed by atoms with Crippen LogP contribution < -0.4 is 10.0 Å². The largest absolute Gasteiger partial charge is 0.308 e. The highest BCUT2D eigenvalue weighted by Crippen LogP contribution is 2.23. The Labute approximate surface area is 123 Å². The molecule has 2 aromatic heterocycles. The quantitative estimate of drug-likeness (QED) is 0.721. The first-order valence-corrected chi connectivity index (χ1v) is 8.24. The van der Waals surface area contributed by atoms with Gasteiger partial charge in [-0.15, -0.1) is 0 Å². The molecule has 114 valence electrons. The van der Waals surface area contributed by atoms with Gasteiger partial charge >= 0.3 is 0 Å². The van der Waals surface area contributed by atoms with E-state index in [1.807, 2.05) is 0 Å². The Hall–Kier alpha value is -1.87. The Morgan fingerprint density at radius 2 is 2.24 bits per heavy atom. The van der Waals surface area contributed by atoms with E-state index in [0.717, 1.165) is 12.8 Å². The van der Waals surface area contributed by atoms with Crippen molar-refractivity contribution in [2.75, 3.05) is 4.72 Å². The highest BCUT2D eigenvalue weighted by molar-refractivity contribution is 7.92. The molecule has 1 aliphatic carbocycles. The zero-order valence-corrected chi connectivity index (χ0v) is 12.7. The molecule has 0 unspecified atom stereocenters. The van der Waals surface area contributed by atoms with Crippen LogP contribution in [0.4, 0.5) is 5.82 Å². The normalized spacial score (nSPS) is 15.3. The van der Waals surface area contributed by atoms with Gasteiger partial charge in [0.15, 0.2) is 5.82 Å². The average molecular weight is 310 g/mol. The van der Waals surface area contributed by atoms with Crippen LogP contribution in [0.15, 0.2) is 17.2 Å². The number of H-pyrrole nitrogens is 1. The molecule has 0 aliphatic heterocycles. The van der Waals surface area contributed by atoms with E-state index in [1.165, 1.54) is 4.68 Å². The first kappa shape index (κ1) is 14.1. The number of nitrogens with zero attached hydrogens (tertiary/aromatic N) is 3. The summed E-state index contributed by atoms with van der Waals surface area (Å²) in [5, 5.41) is 14.1. The molecular formula is C12H18N6O2S. The summed E-state index contributed by atoms with van der Waals surface area (Å²) >= 11 is 0. The Kier molecular flexibility index (Phi) is 3.46. The van der Waals surface area contributed by atoms with Gasteiger partial charge in [-0.3, -0.25) is 14.5 Å². The van der Waals surface area contributed by atoms with Crippen molar-refractivity contribution in [3.63, 3.8) is 0 Å². The monoisotopic (exact) mass is 310 g/mol. The molecule has 9 heteroatoms. The van der Waals surface area contributed by atoms with Crippen LogP contribution in [0.2, 0.25) is 0 Å². The molecule has 1 saturated carbocycles. The Bertz CT molecular complexity index is 744. The van der Waals surface area contributed by atoms with E-state index in [9.17, 15) is 8.42 Å². The van der Waals surface area contributed by atoms with Crippen LogP contribution in [0.1, 0.15) is 24.2 Å². The van der Waals surface area contributed by atoms with E-state index in [2.05, 4.69) is 25.3 Å². The highest BCUT2D eigenvalue weighted by atomic mass is 32.2. The number of aromatic nitrogens is 4. The van der Waals surface area contributed by atoms with Gasteiger partial charge in [0.25, 0.3) is 10.0 Å². The highest BCUT2D eigenvalue weighted by Gasteiger charge is 2.27. The van der Waals surface area contributed by atoms with Gasteiger partial charge in [-0.25, -0.2) is 8.42 Å². The van der Waals surface area contributed by atoms with Crippen molar-refractivity contribution in [1.82, 2.24) is 25.3 Å². The maximum atomic E-state index is 12.5. The summed E-state index contributed by atoms with van der Waals surface area (Å²) in [5.41, 5.74) is 1.02. The molecule has 1 fully saturated rings. The lowest BCUT2D eigenvalue weighted by Gasteiger charge is -2.07. The fourth-order valence-corrected chi connectivity index (χ4v) is 3.50. The second kappa shape index (κ2) is 5.15. The summed E-state index contributed by atoms with van der Waals surface area (Å²) in [6.45, 7) is 2.13. The molecule has 0 aromatic carbocycles. The third kappa shape index (κ3) is 3.08. The Morgan fingerprint density at radius 1 is 1.48 bits per heavy atom. The molecule has 0 radical (unpaired) electrons. The van der Waals surface area contributed by atoms with E-state index in [1.54, 1.807) is 26.2 Å². The van der Waals surface area contributed by atoms with Gasteiger partial charge in [-0.2, -0.15) is 10.2 Å². The third-order valence-electron chi connectivity index (χ3n) is 3.32. The summed E-state index contributed by atoms with van der Waals surface area (Å²) in [4.78, 5) is 0.196. The molecule has 0 atom stereocenters. The molecule has 0 spiro atoms.